The number of sulfone groups is 1. The van der Waals surface area contributed by atoms with Crippen LogP contribution in [0, 0.1) is 12.8 Å². The van der Waals surface area contributed by atoms with Gasteiger partial charge < -0.3 is 0 Å². The highest BCUT2D eigenvalue weighted by Gasteiger charge is 2.76. The third-order valence-corrected chi connectivity index (χ3v) is 10.0. The van der Waals surface area contributed by atoms with Crippen molar-refractivity contribution < 1.29 is 18.0 Å². The van der Waals surface area contributed by atoms with Gasteiger partial charge in [-0.3, -0.25) is 14.5 Å². The first-order valence-electron chi connectivity index (χ1n) is 10.1. The Morgan fingerprint density at radius 3 is 2.41 bits per heavy atom. The lowest BCUT2D eigenvalue weighted by molar-refractivity contribution is -0.123. The van der Waals surface area contributed by atoms with Crippen molar-refractivity contribution in [2.24, 2.45) is 5.92 Å². The number of carbonyl (C=O) groups is 2. The topological polar surface area (TPSA) is 71.5 Å². The van der Waals surface area contributed by atoms with Gasteiger partial charge in [0.15, 0.2) is 20.4 Å². The molecule has 4 aliphatic rings. The lowest BCUT2D eigenvalue weighted by atomic mass is 9.75. The first-order chi connectivity index (χ1) is 13.9. The standard InChI is InChI=1S/C23H21NO4S/c1-13-6-8-14(9-7-13)29(27,28)23-12-17-18(10-11-19(17)25)24-20(22(23)26)15-4-2-3-5-16(15)21(23)24/h2-9,17-18,20-21H,10-12H2,1H3/t17-,18-,20+,21-,23+/m1/s1. The minimum absolute atomic E-state index is 0.0438. The average molecular weight is 407 g/mol. The summed E-state index contributed by atoms with van der Waals surface area (Å²) in [4.78, 5) is 28.7. The van der Waals surface area contributed by atoms with Crippen molar-refractivity contribution in [1.82, 2.24) is 4.90 Å². The van der Waals surface area contributed by atoms with Gasteiger partial charge >= 0.3 is 0 Å². The van der Waals surface area contributed by atoms with Gasteiger partial charge in [-0.15, -0.1) is 0 Å². The third kappa shape index (κ3) is 1.87. The van der Waals surface area contributed by atoms with E-state index in [1.807, 2.05) is 31.2 Å². The molecular weight excluding hydrogens is 386 g/mol. The zero-order chi connectivity index (χ0) is 20.1. The normalized spacial score (nSPS) is 36.9. The summed E-state index contributed by atoms with van der Waals surface area (Å²) in [6, 6.07) is 13.3. The van der Waals surface area contributed by atoms with Crippen LogP contribution in [0.3, 0.4) is 0 Å². The second kappa shape index (κ2) is 5.43. The van der Waals surface area contributed by atoms with Crippen LogP contribution in [-0.2, 0) is 19.4 Å². The number of aryl methyl sites for hydroxylation is 1. The number of hydrogen-bond acceptors (Lipinski definition) is 5. The molecule has 3 fully saturated rings. The van der Waals surface area contributed by atoms with E-state index in [0.29, 0.717) is 12.8 Å². The van der Waals surface area contributed by atoms with Crippen molar-refractivity contribution in [1.29, 1.82) is 0 Å². The van der Waals surface area contributed by atoms with Crippen LogP contribution < -0.4 is 0 Å². The maximum atomic E-state index is 14.0. The molecular formula is C23H21NO4S. The van der Waals surface area contributed by atoms with Gasteiger partial charge in [0.1, 0.15) is 5.78 Å². The van der Waals surface area contributed by atoms with E-state index in [2.05, 4.69) is 4.90 Å². The van der Waals surface area contributed by atoms with Gasteiger partial charge in [0, 0.05) is 18.4 Å². The van der Waals surface area contributed by atoms with E-state index >= 15 is 0 Å². The van der Waals surface area contributed by atoms with Crippen LogP contribution in [0.1, 0.15) is 48.0 Å². The van der Waals surface area contributed by atoms with Crippen LogP contribution in [0.5, 0.6) is 0 Å². The molecule has 0 radical (unpaired) electrons. The number of fused-ring (bicyclic) bond motifs is 3. The van der Waals surface area contributed by atoms with Gasteiger partial charge in [-0.05, 0) is 43.0 Å². The summed E-state index contributed by atoms with van der Waals surface area (Å²) in [6.07, 6.45) is 1.28. The molecule has 1 aliphatic carbocycles. The summed E-state index contributed by atoms with van der Waals surface area (Å²) >= 11 is 0. The van der Waals surface area contributed by atoms with Gasteiger partial charge in [-0.25, -0.2) is 8.42 Å². The molecule has 0 spiro atoms. The predicted octanol–water partition coefficient (Wildman–Crippen LogP) is 2.94. The van der Waals surface area contributed by atoms with Crippen LogP contribution in [0.4, 0.5) is 0 Å². The highest BCUT2D eigenvalue weighted by atomic mass is 32.2. The van der Waals surface area contributed by atoms with Gasteiger partial charge in [-0.2, -0.15) is 0 Å². The van der Waals surface area contributed by atoms with Crippen LogP contribution in [0.25, 0.3) is 0 Å². The number of benzene rings is 2. The molecule has 2 saturated heterocycles. The minimum Gasteiger partial charge on any atom is -0.299 e. The second-order valence-corrected chi connectivity index (χ2v) is 11.0. The third-order valence-electron chi connectivity index (χ3n) is 7.57. The highest BCUT2D eigenvalue weighted by Crippen LogP contribution is 2.67. The molecule has 6 heteroatoms. The Bertz CT molecular complexity index is 1190. The van der Waals surface area contributed by atoms with Gasteiger partial charge in [0.2, 0.25) is 0 Å². The Hall–Kier alpha value is -2.31. The number of rotatable bonds is 2. The Balaban J connectivity index is 1.63. The number of hydrogen-bond donors (Lipinski definition) is 0. The molecule has 1 saturated carbocycles. The molecule has 4 bridgehead atoms. The maximum absolute atomic E-state index is 14.0. The van der Waals surface area contributed by atoms with Crippen LogP contribution in [0.2, 0.25) is 0 Å². The van der Waals surface area contributed by atoms with Crippen molar-refractivity contribution in [3.63, 3.8) is 0 Å². The van der Waals surface area contributed by atoms with Gasteiger partial charge in [0.05, 0.1) is 17.0 Å². The van der Waals surface area contributed by atoms with Crippen LogP contribution >= 0.6 is 0 Å². The summed E-state index contributed by atoms with van der Waals surface area (Å²) in [5.41, 5.74) is 2.81. The van der Waals surface area contributed by atoms with E-state index < -0.39 is 26.7 Å². The van der Waals surface area contributed by atoms with E-state index in [9.17, 15) is 18.0 Å². The smallest absolute Gasteiger partial charge is 0.193 e. The van der Waals surface area contributed by atoms with Gasteiger partial charge in [-0.1, -0.05) is 42.0 Å². The van der Waals surface area contributed by atoms with E-state index in [4.69, 9.17) is 0 Å². The quantitative estimate of drug-likeness (QED) is 0.765. The molecule has 2 aromatic carbocycles. The molecule has 1 unspecified atom stereocenters. The number of ketones is 2. The van der Waals surface area contributed by atoms with E-state index in [0.717, 1.165) is 16.7 Å². The van der Waals surface area contributed by atoms with E-state index in [1.165, 1.54) is 0 Å². The van der Waals surface area contributed by atoms with E-state index in [-0.39, 0.29) is 34.8 Å². The first-order valence-corrected chi connectivity index (χ1v) is 11.6. The fourth-order valence-corrected chi connectivity index (χ4v) is 8.58. The largest absolute Gasteiger partial charge is 0.299 e. The SMILES string of the molecule is Cc1ccc(S(=O)(=O)[C@]23C[C@H]4C(=O)CC[C@H]4N4[C@H](C2=O)c2ccccc2[C@@H]43)cc1. The molecule has 29 heavy (non-hydrogen) atoms. The average Bonchev–Trinajstić information content (AvgIpc) is 3.30. The molecule has 5 nitrogen and oxygen atoms in total. The monoisotopic (exact) mass is 407 g/mol. The molecule has 3 aliphatic heterocycles. The number of carbonyl (C=O) groups excluding carboxylic acids is 2. The lowest BCUT2D eigenvalue weighted by Crippen LogP contribution is -2.56. The molecule has 148 valence electrons. The first kappa shape index (κ1) is 17.5. The van der Waals surface area contributed by atoms with Crippen LogP contribution in [0.15, 0.2) is 53.4 Å². The predicted molar refractivity (Wildman–Crippen MR) is 106 cm³/mol. The summed E-state index contributed by atoms with van der Waals surface area (Å²) in [6.45, 7) is 1.90. The Morgan fingerprint density at radius 2 is 1.69 bits per heavy atom. The fourth-order valence-electron chi connectivity index (χ4n) is 6.35. The van der Waals surface area contributed by atoms with Crippen molar-refractivity contribution >= 4 is 21.4 Å². The van der Waals surface area contributed by atoms with Crippen molar-refractivity contribution in [3.05, 3.63) is 65.2 Å². The Morgan fingerprint density at radius 1 is 1.00 bits per heavy atom. The summed E-state index contributed by atoms with van der Waals surface area (Å²) in [5.74, 6) is -0.528. The molecule has 0 N–H and O–H groups in total. The Kier molecular flexibility index (Phi) is 3.29. The minimum atomic E-state index is -3.98. The maximum Gasteiger partial charge on any atom is 0.193 e. The zero-order valence-corrected chi connectivity index (χ0v) is 16.9. The van der Waals surface area contributed by atoms with Gasteiger partial charge in [0.25, 0.3) is 0 Å². The van der Waals surface area contributed by atoms with Crippen molar-refractivity contribution in [2.45, 2.75) is 54.0 Å². The molecule has 6 rings (SSSR count). The number of nitrogens with zero attached hydrogens (tertiary/aromatic N) is 1. The molecule has 0 aromatic heterocycles. The van der Waals surface area contributed by atoms with Crippen molar-refractivity contribution in [2.75, 3.05) is 0 Å². The van der Waals surface area contributed by atoms with Crippen molar-refractivity contribution in [3.8, 4) is 0 Å². The molecule has 6 atom stereocenters. The Labute approximate surface area is 169 Å². The van der Waals surface area contributed by atoms with Crippen LogP contribution in [-0.4, -0.2) is 35.7 Å². The lowest BCUT2D eigenvalue weighted by Gasteiger charge is -2.44. The second-order valence-electron chi connectivity index (χ2n) is 8.83. The van der Waals surface area contributed by atoms with E-state index in [1.54, 1.807) is 24.3 Å². The molecule has 0 amide bonds. The summed E-state index contributed by atoms with van der Waals surface area (Å²) in [7, 11) is -3.98. The molecule has 2 aromatic rings. The number of piperidine rings is 1. The zero-order valence-electron chi connectivity index (χ0n) is 16.0. The molecule has 3 heterocycles. The number of Topliss-reactive ketones (excluding diaryl/α,β-unsaturated/α-hetero) is 2. The fraction of sp³-hybridized carbons (Fsp3) is 0.391. The highest BCUT2D eigenvalue weighted by molar-refractivity contribution is 7.93. The summed E-state index contributed by atoms with van der Waals surface area (Å²) < 4.78 is 26.5. The summed E-state index contributed by atoms with van der Waals surface area (Å²) in [5, 5.41) is 0.